The molecule has 0 amide bonds. The van der Waals surface area contributed by atoms with Crippen molar-refractivity contribution in [2.75, 3.05) is 19.6 Å². The second kappa shape index (κ2) is 8.53. The van der Waals surface area contributed by atoms with Gasteiger partial charge >= 0.3 is 0 Å². The van der Waals surface area contributed by atoms with Crippen LogP contribution in [-0.4, -0.2) is 37.7 Å². The molecule has 0 spiro atoms. The highest BCUT2D eigenvalue weighted by molar-refractivity contribution is 5.37. The summed E-state index contributed by atoms with van der Waals surface area (Å²) in [5.74, 6) is 0. The number of carbonyl (C=O) groups excluding carboxylic acids is 1. The van der Waals surface area contributed by atoms with Crippen LogP contribution in [0, 0.1) is 0 Å². The number of hydrogen-bond donors (Lipinski definition) is 2. The molecule has 1 heterocycles. The lowest BCUT2D eigenvalue weighted by molar-refractivity contribution is -0.138. The monoisotopic (exact) mass is 230 g/mol. The van der Waals surface area contributed by atoms with E-state index in [2.05, 4.69) is 22.3 Å². The molecule has 1 saturated heterocycles. The second-order valence-electron chi connectivity index (χ2n) is 4.91. The first-order valence-corrected chi connectivity index (χ1v) is 6.05. The standard InChI is InChI=1S/C7H16N2.C5H10O2/c1-2-9-7-3-5-8-6-4-7;1-5(2,3)7-4-6/h7-9H,2-6H2,1H3;4H,1-3H3. The average molecular weight is 230 g/mol. The van der Waals surface area contributed by atoms with Gasteiger partial charge in [0.25, 0.3) is 6.47 Å². The van der Waals surface area contributed by atoms with Crippen LogP contribution in [0.1, 0.15) is 40.5 Å². The molecule has 1 aliphatic rings. The predicted octanol–water partition coefficient (Wildman–Crippen LogP) is 1.31. The van der Waals surface area contributed by atoms with E-state index in [1.54, 1.807) is 0 Å². The Labute approximate surface area is 99.1 Å². The lowest BCUT2D eigenvalue weighted by atomic mass is 10.1. The molecule has 4 nitrogen and oxygen atoms in total. The third-order valence-electron chi connectivity index (χ3n) is 2.23. The smallest absolute Gasteiger partial charge is 0.293 e. The molecule has 0 bridgehead atoms. The van der Waals surface area contributed by atoms with E-state index in [9.17, 15) is 4.79 Å². The Kier molecular flexibility index (Phi) is 8.21. The van der Waals surface area contributed by atoms with Gasteiger partial charge in [-0.3, -0.25) is 4.79 Å². The Morgan fingerprint density at radius 2 is 1.94 bits per heavy atom. The Balaban J connectivity index is 0.000000293. The summed E-state index contributed by atoms with van der Waals surface area (Å²) < 4.78 is 4.55. The molecule has 0 atom stereocenters. The molecule has 0 aliphatic carbocycles. The van der Waals surface area contributed by atoms with Crippen LogP contribution < -0.4 is 10.6 Å². The molecular weight excluding hydrogens is 204 g/mol. The van der Waals surface area contributed by atoms with Crippen LogP contribution in [0.25, 0.3) is 0 Å². The summed E-state index contributed by atoms with van der Waals surface area (Å²) in [6.45, 7) is 11.6. The maximum absolute atomic E-state index is 9.60. The van der Waals surface area contributed by atoms with Crippen molar-refractivity contribution in [3.05, 3.63) is 0 Å². The van der Waals surface area contributed by atoms with Crippen LogP contribution >= 0.6 is 0 Å². The summed E-state index contributed by atoms with van der Waals surface area (Å²) >= 11 is 0. The molecule has 1 fully saturated rings. The number of piperidine rings is 1. The molecular formula is C12H26N2O2. The molecule has 2 N–H and O–H groups in total. The normalized spacial score (nSPS) is 17.2. The summed E-state index contributed by atoms with van der Waals surface area (Å²) in [5.41, 5.74) is -0.318. The van der Waals surface area contributed by atoms with Crippen LogP contribution in [0.2, 0.25) is 0 Å². The predicted molar refractivity (Wildman–Crippen MR) is 66.5 cm³/mol. The fourth-order valence-electron chi connectivity index (χ4n) is 1.46. The Morgan fingerprint density at radius 1 is 1.38 bits per heavy atom. The first-order chi connectivity index (χ1) is 7.49. The minimum Gasteiger partial charge on any atom is -0.462 e. The van der Waals surface area contributed by atoms with E-state index in [-0.39, 0.29) is 5.60 Å². The lowest BCUT2D eigenvalue weighted by Gasteiger charge is -2.22. The van der Waals surface area contributed by atoms with E-state index in [4.69, 9.17) is 0 Å². The molecule has 0 saturated carbocycles. The first kappa shape index (κ1) is 15.4. The van der Waals surface area contributed by atoms with Crippen molar-refractivity contribution in [2.24, 2.45) is 0 Å². The van der Waals surface area contributed by atoms with Crippen LogP contribution in [0.15, 0.2) is 0 Å². The van der Waals surface area contributed by atoms with E-state index in [0.717, 1.165) is 12.6 Å². The van der Waals surface area contributed by atoms with Gasteiger partial charge in [0.15, 0.2) is 0 Å². The van der Waals surface area contributed by atoms with Crippen molar-refractivity contribution >= 4 is 6.47 Å². The summed E-state index contributed by atoms with van der Waals surface area (Å²) in [6, 6.07) is 0.788. The number of rotatable bonds is 3. The van der Waals surface area contributed by atoms with Crippen LogP contribution in [0.4, 0.5) is 0 Å². The largest absolute Gasteiger partial charge is 0.462 e. The van der Waals surface area contributed by atoms with Gasteiger partial charge in [-0.05, 0) is 53.2 Å². The minimum absolute atomic E-state index is 0.318. The van der Waals surface area contributed by atoms with Crippen molar-refractivity contribution in [3.63, 3.8) is 0 Å². The van der Waals surface area contributed by atoms with Crippen molar-refractivity contribution in [1.82, 2.24) is 10.6 Å². The molecule has 1 rings (SSSR count). The van der Waals surface area contributed by atoms with Gasteiger partial charge in [0, 0.05) is 6.04 Å². The maximum atomic E-state index is 9.60. The van der Waals surface area contributed by atoms with E-state index >= 15 is 0 Å². The zero-order valence-corrected chi connectivity index (χ0v) is 11.0. The number of nitrogens with one attached hydrogen (secondary N) is 2. The third kappa shape index (κ3) is 9.93. The highest BCUT2D eigenvalue weighted by Gasteiger charge is 2.09. The van der Waals surface area contributed by atoms with E-state index in [1.165, 1.54) is 25.9 Å². The van der Waals surface area contributed by atoms with Gasteiger partial charge in [0.2, 0.25) is 0 Å². The SMILES string of the molecule is CC(C)(C)OC=O.CCNC1CCNCC1. The van der Waals surface area contributed by atoms with E-state index in [0.29, 0.717) is 6.47 Å². The summed E-state index contributed by atoms with van der Waals surface area (Å²) in [6.07, 6.45) is 2.60. The molecule has 96 valence electrons. The Morgan fingerprint density at radius 3 is 2.25 bits per heavy atom. The molecule has 0 unspecified atom stereocenters. The van der Waals surface area contributed by atoms with Crippen LogP contribution in [0.3, 0.4) is 0 Å². The van der Waals surface area contributed by atoms with Crippen molar-refractivity contribution in [3.8, 4) is 0 Å². The quantitative estimate of drug-likeness (QED) is 0.718. The molecule has 0 aromatic carbocycles. The van der Waals surface area contributed by atoms with Gasteiger partial charge < -0.3 is 15.4 Å². The fraction of sp³-hybridized carbons (Fsp3) is 0.917. The fourth-order valence-corrected chi connectivity index (χ4v) is 1.46. The van der Waals surface area contributed by atoms with Crippen molar-refractivity contribution in [1.29, 1.82) is 0 Å². The zero-order valence-electron chi connectivity index (χ0n) is 11.0. The molecule has 16 heavy (non-hydrogen) atoms. The maximum Gasteiger partial charge on any atom is 0.293 e. The van der Waals surface area contributed by atoms with Gasteiger partial charge in [0.1, 0.15) is 5.60 Å². The number of ether oxygens (including phenoxy) is 1. The lowest BCUT2D eigenvalue weighted by Crippen LogP contribution is -2.39. The Bertz CT molecular complexity index is 170. The molecule has 0 radical (unpaired) electrons. The molecule has 1 aliphatic heterocycles. The summed E-state index contributed by atoms with van der Waals surface area (Å²) in [5, 5.41) is 6.78. The molecule has 0 aromatic heterocycles. The topological polar surface area (TPSA) is 50.4 Å². The third-order valence-corrected chi connectivity index (χ3v) is 2.23. The highest BCUT2D eigenvalue weighted by atomic mass is 16.5. The average Bonchev–Trinajstić information content (AvgIpc) is 2.19. The minimum atomic E-state index is -0.318. The van der Waals surface area contributed by atoms with Crippen molar-refractivity contribution < 1.29 is 9.53 Å². The van der Waals surface area contributed by atoms with E-state index in [1.807, 2.05) is 20.8 Å². The van der Waals surface area contributed by atoms with Gasteiger partial charge in [-0.2, -0.15) is 0 Å². The second-order valence-corrected chi connectivity index (χ2v) is 4.91. The van der Waals surface area contributed by atoms with E-state index < -0.39 is 0 Å². The highest BCUT2D eigenvalue weighted by Crippen LogP contribution is 2.02. The Hall–Kier alpha value is -0.610. The van der Waals surface area contributed by atoms with Gasteiger partial charge in [0.05, 0.1) is 0 Å². The molecule has 0 aromatic rings. The van der Waals surface area contributed by atoms with Gasteiger partial charge in [-0.15, -0.1) is 0 Å². The number of carbonyl (C=O) groups is 1. The van der Waals surface area contributed by atoms with Crippen molar-refractivity contribution in [2.45, 2.75) is 52.2 Å². The number of hydrogen-bond acceptors (Lipinski definition) is 4. The van der Waals surface area contributed by atoms with Gasteiger partial charge in [-0.1, -0.05) is 6.92 Å². The summed E-state index contributed by atoms with van der Waals surface area (Å²) in [7, 11) is 0. The zero-order chi connectivity index (χ0) is 12.4. The van der Waals surface area contributed by atoms with Crippen LogP contribution in [0.5, 0.6) is 0 Å². The summed E-state index contributed by atoms with van der Waals surface area (Å²) in [4.78, 5) is 9.60. The van der Waals surface area contributed by atoms with Crippen LogP contribution in [-0.2, 0) is 9.53 Å². The van der Waals surface area contributed by atoms with Gasteiger partial charge in [-0.25, -0.2) is 0 Å². The first-order valence-electron chi connectivity index (χ1n) is 6.05. The molecule has 4 heteroatoms.